The molecule has 0 atom stereocenters. The number of nitrogens with one attached hydrogen (secondary N) is 2. The molecule has 1 aliphatic heterocycles. The summed E-state index contributed by atoms with van der Waals surface area (Å²) in [5.41, 5.74) is 4.18. The first-order valence-corrected chi connectivity index (χ1v) is 11.2. The Hall–Kier alpha value is -3.30. The molecule has 0 bridgehead atoms. The Kier molecular flexibility index (Phi) is 5.83. The molecule has 0 saturated carbocycles. The normalized spacial score (nSPS) is 15.0. The summed E-state index contributed by atoms with van der Waals surface area (Å²) in [4.78, 5) is 12.2. The van der Waals surface area contributed by atoms with E-state index < -0.39 is 0 Å². The number of piperazine rings is 1. The zero-order valence-electron chi connectivity index (χ0n) is 18.6. The maximum atomic E-state index is 4.90. The predicted molar refractivity (Wildman–Crippen MR) is 124 cm³/mol. The van der Waals surface area contributed by atoms with Crippen LogP contribution in [0.5, 0.6) is 0 Å². The Morgan fingerprint density at radius 3 is 2.69 bits per heavy atom. The lowest BCUT2D eigenvalue weighted by Crippen LogP contribution is -2.43. The molecule has 9 nitrogen and oxygen atoms in total. The maximum Gasteiger partial charge on any atom is 0.227 e. The van der Waals surface area contributed by atoms with Crippen LogP contribution in [-0.2, 0) is 13.1 Å². The third kappa shape index (κ3) is 4.21. The second-order valence-corrected chi connectivity index (χ2v) is 8.41. The van der Waals surface area contributed by atoms with Crippen LogP contribution >= 0.6 is 0 Å². The fourth-order valence-electron chi connectivity index (χ4n) is 4.07. The zero-order valence-corrected chi connectivity index (χ0v) is 18.6. The van der Waals surface area contributed by atoms with Crippen LogP contribution in [0.25, 0.3) is 11.3 Å². The minimum absolute atomic E-state index is 0.336. The number of fused-ring (bicyclic) bond motifs is 1. The minimum Gasteiger partial charge on any atom is -0.350 e. The number of nitrogens with zero attached hydrogens (tertiary/aromatic N) is 7. The Labute approximate surface area is 187 Å². The summed E-state index contributed by atoms with van der Waals surface area (Å²) < 4.78 is 3.71. The Bertz CT molecular complexity index is 1170. The quantitative estimate of drug-likeness (QED) is 0.465. The van der Waals surface area contributed by atoms with Crippen molar-refractivity contribution < 1.29 is 0 Å². The van der Waals surface area contributed by atoms with E-state index in [0.717, 1.165) is 61.0 Å². The van der Waals surface area contributed by atoms with Crippen LogP contribution < -0.4 is 10.6 Å². The van der Waals surface area contributed by atoms with Crippen LogP contribution in [0, 0.1) is 0 Å². The first-order valence-electron chi connectivity index (χ1n) is 11.2. The molecule has 0 amide bonds. The first kappa shape index (κ1) is 20.6. The number of anilines is 1. The highest BCUT2D eigenvalue weighted by molar-refractivity contribution is 5.53. The summed E-state index contributed by atoms with van der Waals surface area (Å²) in [6.07, 6.45) is 5.65. The number of benzene rings is 1. The van der Waals surface area contributed by atoms with Gasteiger partial charge < -0.3 is 10.6 Å². The number of aromatic nitrogens is 6. The van der Waals surface area contributed by atoms with Crippen LogP contribution in [-0.4, -0.2) is 60.4 Å². The molecule has 1 fully saturated rings. The van der Waals surface area contributed by atoms with Gasteiger partial charge in [-0.05, 0) is 23.6 Å². The van der Waals surface area contributed by atoms with Gasteiger partial charge in [0.25, 0.3) is 0 Å². The van der Waals surface area contributed by atoms with Crippen molar-refractivity contribution in [3.8, 4) is 5.69 Å². The number of hydrogen-bond donors (Lipinski definition) is 2. The average molecular weight is 432 g/mol. The van der Waals surface area contributed by atoms with Gasteiger partial charge in [0.2, 0.25) is 5.95 Å². The lowest BCUT2D eigenvalue weighted by Gasteiger charge is -2.26. The van der Waals surface area contributed by atoms with E-state index in [1.165, 1.54) is 0 Å². The number of para-hydroxylation sites is 1. The standard InChI is InChI=1S/C23H29N9/c1-17(2)19-15-27-32-22(19)28-21(16-30-12-9-24-10-13-30)29-23(32)25-14-18-6-3-4-7-20(18)31-11-5-8-26-31/h3-8,11,15,17,24H,9-10,12-14,16H2,1-2H3,(H,25,28,29). The predicted octanol–water partition coefficient (Wildman–Crippen LogP) is 2.45. The molecule has 0 unspecified atom stereocenters. The number of rotatable bonds is 7. The monoisotopic (exact) mass is 431 g/mol. The van der Waals surface area contributed by atoms with Crippen LogP contribution in [0.2, 0.25) is 0 Å². The third-order valence-corrected chi connectivity index (χ3v) is 5.82. The van der Waals surface area contributed by atoms with Crippen LogP contribution in [0.4, 0.5) is 5.95 Å². The molecule has 32 heavy (non-hydrogen) atoms. The highest BCUT2D eigenvalue weighted by atomic mass is 15.4. The highest BCUT2D eigenvalue weighted by Crippen LogP contribution is 2.22. The van der Waals surface area contributed by atoms with Crippen LogP contribution in [0.1, 0.15) is 36.7 Å². The van der Waals surface area contributed by atoms with E-state index in [9.17, 15) is 0 Å². The van der Waals surface area contributed by atoms with Gasteiger partial charge >= 0.3 is 0 Å². The van der Waals surface area contributed by atoms with Gasteiger partial charge in [0.05, 0.1) is 18.4 Å². The van der Waals surface area contributed by atoms with Gasteiger partial charge in [0.15, 0.2) is 5.65 Å². The Morgan fingerprint density at radius 2 is 1.91 bits per heavy atom. The van der Waals surface area contributed by atoms with E-state index in [0.29, 0.717) is 18.4 Å². The lowest BCUT2D eigenvalue weighted by atomic mass is 10.1. The van der Waals surface area contributed by atoms with E-state index >= 15 is 0 Å². The minimum atomic E-state index is 0.336. The summed E-state index contributed by atoms with van der Waals surface area (Å²) in [6, 6.07) is 10.2. The van der Waals surface area contributed by atoms with E-state index in [1.807, 2.05) is 39.8 Å². The molecule has 166 valence electrons. The molecule has 0 radical (unpaired) electrons. The molecule has 0 spiro atoms. The van der Waals surface area contributed by atoms with Crippen LogP contribution in [0.3, 0.4) is 0 Å². The lowest BCUT2D eigenvalue weighted by molar-refractivity contribution is 0.228. The molecule has 1 aromatic carbocycles. The molecule has 0 aliphatic carbocycles. The first-order chi connectivity index (χ1) is 15.7. The van der Waals surface area contributed by atoms with Crippen molar-refractivity contribution in [1.29, 1.82) is 0 Å². The van der Waals surface area contributed by atoms with Crippen molar-refractivity contribution in [2.75, 3.05) is 31.5 Å². The summed E-state index contributed by atoms with van der Waals surface area (Å²) in [7, 11) is 0. The highest BCUT2D eigenvalue weighted by Gasteiger charge is 2.18. The molecule has 5 rings (SSSR count). The molecule has 1 saturated heterocycles. The van der Waals surface area contributed by atoms with Crippen LogP contribution in [0.15, 0.2) is 48.9 Å². The van der Waals surface area contributed by atoms with Crippen molar-refractivity contribution >= 4 is 11.6 Å². The molecule has 2 N–H and O–H groups in total. The summed E-state index contributed by atoms with van der Waals surface area (Å²) >= 11 is 0. The topological polar surface area (TPSA) is 88.2 Å². The van der Waals surface area contributed by atoms with Gasteiger partial charge in [-0.3, -0.25) is 4.90 Å². The van der Waals surface area contributed by atoms with Crippen molar-refractivity contribution in [2.24, 2.45) is 0 Å². The second kappa shape index (κ2) is 9.05. The van der Waals surface area contributed by atoms with Gasteiger partial charge in [-0.2, -0.15) is 19.7 Å². The van der Waals surface area contributed by atoms with Gasteiger partial charge in [-0.1, -0.05) is 32.0 Å². The van der Waals surface area contributed by atoms with Crippen molar-refractivity contribution in [1.82, 2.24) is 39.6 Å². The van der Waals surface area contributed by atoms with Crippen molar-refractivity contribution in [3.63, 3.8) is 0 Å². The molecule has 9 heteroatoms. The smallest absolute Gasteiger partial charge is 0.227 e. The van der Waals surface area contributed by atoms with Crippen molar-refractivity contribution in [3.05, 3.63) is 65.9 Å². The summed E-state index contributed by atoms with van der Waals surface area (Å²) in [5, 5.41) is 15.9. The number of hydrogen-bond acceptors (Lipinski definition) is 7. The SMILES string of the molecule is CC(C)c1cnn2c(NCc3ccccc3-n3cccn3)nc(CN3CCNCC3)nc12. The molecular formula is C23H29N9. The summed E-state index contributed by atoms with van der Waals surface area (Å²) in [5.74, 6) is 1.87. The zero-order chi connectivity index (χ0) is 21.9. The fraction of sp³-hybridized carbons (Fsp3) is 0.391. The van der Waals surface area contributed by atoms with E-state index in [-0.39, 0.29) is 0 Å². The molecule has 4 heterocycles. The molecule has 4 aromatic rings. The van der Waals surface area contributed by atoms with Gasteiger partial charge in [0, 0.05) is 50.7 Å². The van der Waals surface area contributed by atoms with Crippen molar-refractivity contribution in [2.45, 2.75) is 32.9 Å². The van der Waals surface area contributed by atoms with Gasteiger partial charge in [-0.15, -0.1) is 0 Å². The molecule has 1 aliphatic rings. The summed E-state index contributed by atoms with van der Waals surface area (Å²) in [6.45, 7) is 9.69. The average Bonchev–Trinajstić information content (AvgIpc) is 3.49. The maximum absolute atomic E-state index is 4.90. The fourth-order valence-corrected chi connectivity index (χ4v) is 4.07. The Morgan fingerprint density at radius 1 is 1.06 bits per heavy atom. The molecule has 3 aromatic heterocycles. The second-order valence-electron chi connectivity index (χ2n) is 8.41. The van der Waals surface area contributed by atoms with E-state index in [1.54, 1.807) is 6.20 Å². The Balaban J connectivity index is 1.46. The largest absolute Gasteiger partial charge is 0.350 e. The van der Waals surface area contributed by atoms with E-state index in [2.05, 4.69) is 51.7 Å². The molecular weight excluding hydrogens is 402 g/mol. The third-order valence-electron chi connectivity index (χ3n) is 5.82. The van der Waals surface area contributed by atoms with E-state index in [4.69, 9.17) is 9.97 Å². The van der Waals surface area contributed by atoms with Gasteiger partial charge in [-0.25, -0.2) is 9.67 Å². The van der Waals surface area contributed by atoms with Gasteiger partial charge in [0.1, 0.15) is 5.82 Å².